The Labute approximate surface area is 235 Å². The van der Waals surface area contributed by atoms with Crippen molar-refractivity contribution in [1.29, 1.82) is 0 Å². The number of hydrogen-bond donors (Lipinski definition) is 0. The molecule has 0 radical (unpaired) electrons. The number of likely N-dealkylation sites (tertiary alicyclic amines) is 1. The minimum absolute atomic E-state index is 0.00558. The number of carbonyl (C=O) groups excluding carboxylic acids is 2. The van der Waals surface area contributed by atoms with E-state index in [1.807, 2.05) is 46.1 Å². The molecular formula is C31H31F3N4O3. The van der Waals surface area contributed by atoms with Gasteiger partial charge in [-0.1, -0.05) is 12.1 Å². The molecule has 10 heteroatoms. The van der Waals surface area contributed by atoms with Gasteiger partial charge in [0.15, 0.2) is 5.78 Å². The SMILES string of the molecule is COc1ccc(-c2ccc(C(=O)N3CCC(Cn4cc5c(C)c(C(=O)CCC(F)(F)F)ccc5n4)CC3)cc2)cn1. The van der Waals surface area contributed by atoms with Gasteiger partial charge in [-0.2, -0.15) is 18.3 Å². The minimum atomic E-state index is -4.36. The number of Topliss-reactive ketones (excluding diaryl/α,β-unsaturated/α-hetero) is 1. The number of ether oxygens (including phenoxy) is 1. The van der Waals surface area contributed by atoms with E-state index in [9.17, 15) is 22.8 Å². The van der Waals surface area contributed by atoms with Crippen molar-refractivity contribution in [2.45, 2.75) is 45.3 Å². The number of halogens is 3. The van der Waals surface area contributed by atoms with Crippen molar-refractivity contribution >= 4 is 22.6 Å². The van der Waals surface area contributed by atoms with Crippen LogP contribution in [0.1, 0.15) is 52.0 Å². The smallest absolute Gasteiger partial charge is 0.389 e. The fourth-order valence-electron chi connectivity index (χ4n) is 5.31. The molecule has 1 fully saturated rings. The summed E-state index contributed by atoms with van der Waals surface area (Å²) >= 11 is 0. The van der Waals surface area contributed by atoms with E-state index in [1.54, 1.807) is 38.4 Å². The largest absolute Gasteiger partial charge is 0.481 e. The molecule has 1 aliphatic heterocycles. The van der Waals surface area contributed by atoms with Gasteiger partial charge in [0.25, 0.3) is 5.91 Å². The quantitative estimate of drug-likeness (QED) is 0.229. The van der Waals surface area contributed by atoms with Crippen LogP contribution >= 0.6 is 0 Å². The molecule has 0 bridgehead atoms. The van der Waals surface area contributed by atoms with Crippen molar-refractivity contribution in [1.82, 2.24) is 19.7 Å². The van der Waals surface area contributed by atoms with Crippen LogP contribution in [-0.2, 0) is 6.54 Å². The number of ketones is 1. The van der Waals surface area contributed by atoms with Gasteiger partial charge in [0.1, 0.15) is 0 Å². The molecule has 2 aromatic carbocycles. The summed E-state index contributed by atoms with van der Waals surface area (Å²) in [6.45, 7) is 3.70. The highest BCUT2D eigenvalue weighted by Gasteiger charge is 2.29. The van der Waals surface area contributed by atoms with Crippen LogP contribution in [0.2, 0.25) is 0 Å². The normalized spacial score (nSPS) is 14.4. The molecular weight excluding hydrogens is 533 g/mol. The number of fused-ring (bicyclic) bond motifs is 1. The number of alkyl halides is 3. The van der Waals surface area contributed by atoms with Gasteiger partial charge in [-0.15, -0.1) is 0 Å². The molecule has 214 valence electrons. The molecule has 1 aliphatic rings. The molecule has 0 N–H and O–H groups in total. The number of nitrogens with zero attached hydrogens (tertiary/aromatic N) is 4. The maximum atomic E-state index is 13.1. The van der Waals surface area contributed by atoms with Gasteiger partial charge >= 0.3 is 6.18 Å². The first-order valence-electron chi connectivity index (χ1n) is 13.6. The zero-order valence-electron chi connectivity index (χ0n) is 22.9. The van der Waals surface area contributed by atoms with Crippen LogP contribution in [-0.4, -0.2) is 57.7 Å². The van der Waals surface area contributed by atoms with Gasteiger partial charge in [0.2, 0.25) is 5.88 Å². The van der Waals surface area contributed by atoms with E-state index in [2.05, 4.69) is 10.1 Å². The van der Waals surface area contributed by atoms with Crippen molar-refractivity contribution in [2.24, 2.45) is 5.92 Å². The number of hydrogen-bond acceptors (Lipinski definition) is 5. The lowest BCUT2D eigenvalue weighted by molar-refractivity contribution is -0.133. The fraction of sp³-hybridized carbons (Fsp3) is 0.355. The van der Waals surface area contributed by atoms with Crippen molar-refractivity contribution < 1.29 is 27.5 Å². The number of amides is 1. The predicted molar refractivity (Wildman–Crippen MR) is 149 cm³/mol. The number of aromatic nitrogens is 3. The number of carbonyl (C=O) groups is 2. The van der Waals surface area contributed by atoms with Crippen LogP contribution in [0.3, 0.4) is 0 Å². The highest BCUT2D eigenvalue weighted by atomic mass is 19.4. The Morgan fingerprint density at radius 1 is 1.00 bits per heavy atom. The molecule has 7 nitrogen and oxygen atoms in total. The third-order valence-corrected chi connectivity index (χ3v) is 7.70. The number of methoxy groups -OCH3 is 1. The number of piperidine rings is 1. The van der Waals surface area contributed by atoms with Gasteiger partial charge < -0.3 is 9.64 Å². The Hall–Kier alpha value is -4.21. The lowest BCUT2D eigenvalue weighted by Gasteiger charge is -2.32. The Morgan fingerprint density at radius 2 is 1.71 bits per heavy atom. The molecule has 0 aliphatic carbocycles. The zero-order chi connectivity index (χ0) is 29.1. The topological polar surface area (TPSA) is 77.3 Å². The van der Waals surface area contributed by atoms with E-state index in [0.29, 0.717) is 53.6 Å². The number of aryl methyl sites for hydroxylation is 1. The maximum absolute atomic E-state index is 13.1. The van der Waals surface area contributed by atoms with Crippen molar-refractivity contribution in [2.75, 3.05) is 20.2 Å². The van der Waals surface area contributed by atoms with Gasteiger partial charge in [0, 0.05) is 66.6 Å². The summed E-state index contributed by atoms with van der Waals surface area (Å²) in [4.78, 5) is 31.6. The lowest BCUT2D eigenvalue weighted by atomic mass is 9.96. The third-order valence-electron chi connectivity index (χ3n) is 7.70. The molecule has 0 saturated carbocycles. The van der Waals surface area contributed by atoms with Crippen LogP contribution in [0.4, 0.5) is 13.2 Å². The number of rotatable bonds is 8. The lowest BCUT2D eigenvalue weighted by Crippen LogP contribution is -2.39. The molecule has 1 amide bonds. The molecule has 3 heterocycles. The van der Waals surface area contributed by atoms with Crippen LogP contribution in [0, 0.1) is 12.8 Å². The molecule has 5 rings (SSSR count). The van der Waals surface area contributed by atoms with Crippen molar-refractivity contribution in [3.8, 4) is 17.0 Å². The Balaban J connectivity index is 1.17. The summed E-state index contributed by atoms with van der Waals surface area (Å²) in [6.07, 6.45) is -0.791. The predicted octanol–water partition coefficient (Wildman–Crippen LogP) is 6.49. The van der Waals surface area contributed by atoms with E-state index >= 15 is 0 Å². The average Bonchev–Trinajstić information content (AvgIpc) is 3.39. The summed E-state index contributed by atoms with van der Waals surface area (Å²) in [7, 11) is 1.57. The first-order chi connectivity index (χ1) is 19.6. The summed E-state index contributed by atoms with van der Waals surface area (Å²) < 4.78 is 44.6. The molecule has 0 atom stereocenters. The second kappa shape index (κ2) is 11.7. The molecule has 4 aromatic rings. The standard InChI is InChI=1S/C31H31F3N4O3/c1-20-25(28(39)11-14-31(32,33)34)8-9-27-26(20)19-38(36-27)18-21-12-15-37(16-13-21)30(40)23-5-3-22(4-6-23)24-7-10-29(41-2)35-17-24/h3-10,17,19,21H,11-16,18H2,1-2H3. The average molecular weight is 565 g/mol. The van der Waals surface area contributed by atoms with Crippen molar-refractivity contribution in [3.63, 3.8) is 0 Å². The molecule has 1 saturated heterocycles. The minimum Gasteiger partial charge on any atom is -0.481 e. The summed E-state index contributed by atoms with van der Waals surface area (Å²) in [5.74, 6) is 0.361. The van der Waals surface area contributed by atoms with E-state index in [0.717, 1.165) is 29.4 Å². The van der Waals surface area contributed by atoms with Gasteiger partial charge in [-0.3, -0.25) is 14.3 Å². The molecule has 0 unspecified atom stereocenters. The third kappa shape index (κ3) is 6.58. The Kier molecular flexibility index (Phi) is 8.10. The van der Waals surface area contributed by atoms with E-state index in [1.165, 1.54) is 0 Å². The fourth-order valence-corrected chi connectivity index (χ4v) is 5.31. The molecule has 41 heavy (non-hydrogen) atoms. The maximum Gasteiger partial charge on any atom is 0.389 e. The second-order valence-electron chi connectivity index (χ2n) is 10.5. The molecule has 2 aromatic heterocycles. The molecule has 0 spiro atoms. The van der Waals surface area contributed by atoms with Gasteiger partial charge in [0.05, 0.1) is 19.0 Å². The van der Waals surface area contributed by atoms with E-state index in [4.69, 9.17) is 4.74 Å². The summed E-state index contributed by atoms with van der Waals surface area (Å²) in [6, 6.07) is 14.5. The summed E-state index contributed by atoms with van der Waals surface area (Å²) in [5, 5.41) is 5.40. The van der Waals surface area contributed by atoms with Crippen LogP contribution < -0.4 is 4.74 Å². The van der Waals surface area contributed by atoms with Crippen LogP contribution in [0.5, 0.6) is 5.88 Å². The number of benzene rings is 2. The van der Waals surface area contributed by atoms with Crippen molar-refractivity contribution in [3.05, 3.63) is 77.6 Å². The van der Waals surface area contributed by atoms with Gasteiger partial charge in [-0.05, 0) is 67.1 Å². The van der Waals surface area contributed by atoms with E-state index in [-0.39, 0.29) is 5.91 Å². The second-order valence-corrected chi connectivity index (χ2v) is 10.5. The van der Waals surface area contributed by atoms with E-state index < -0.39 is 24.8 Å². The highest BCUT2D eigenvalue weighted by molar-refractivity contribution is 6.01. The number of pyridine rings is 1. The first kappa shape index (κ1) is 28.3. The highest BCUT2D eigenvalue weighted by Crippen LogP contribution is 2.28. The monoisotopic (exact) mass is 564 g/mol. The Bertz CT molecular complexity index is 1540. The van der Waals surface area contributed by atoms with Gasteiger partial charge in [-0.25, -0.2) is 4.98 Å². The Morgan fingerprint density at radius 3 is 2.34 bits per heavy atom. The first-order valence-corrected chi connectivity index (χ1v) is 13.6. The van der Waals surface area contributed by atoms with Crippen LogP contribution in [0.25, 0.3) is 22.0 Å². The summed E-state index contributed by atoms with van der Waals surface area (Å²) in [5.41, 5.74) is 4.21. The van der Waals surface area contributed by atoms with Crippen LogP contribution in [0.15, 0.2) is 60.9 Å². The zero-order valence-corrected chi connectivity index (χ0v) is 22.9.